The summed E-state index contributed by atoms with van der Waals surface area (Å²) in [5.41, 5.74) is 4.56. The Balaban J connectivity index is 1.39. The molecule has 0 unspecified atom stereocenters. The average molecular weight is 461 g/mol. The molecule has 0 radical (unpaired) electrons. The molecule has 1 heterocycles. The van der Waals surface area contributed by atoms with Crippen LogP contribution in [0, 0.1) is 5.92 Å². The van der Waals surface area contributed by atoms with Crippen LogP contribution in [0.1, 0.15) is 54.5 Å². The van der Waals surface area contributed by atoms with Crippen molar-refractivity contribution in [3.8, 4) is 0 Å². The van der Waals surface area contributed by atoms with Gasteiger partial charge >= 0.3 is 0 Å². The van der Waals surface area contributed by atoms with Gasteiger partial charge in [0.15, 0.2) is 0 Å². The van der Waals surface area contributed by atoms with E-state index in [9.17, 15) is 13.2 Å². The number of amides is 1. The molecule has 1 amide bonds. The fourth-order valence-corrected chi connectivity index (χ4v) is 6.42. The minimum absolute atomic E-state index is 0.0735. The molecule has 1 aliphatic carbocycles. The van der Waals surface area contributed by atoms with E-state index in [2.05, 4.69) is 23.5 Å². The molecular formula is C24H29ClN2O3S. The number of carbonyl (C=O) groups is 1. The molecule has 2 aromatic rings. The molecule has 1 aliphatic heterocycles. The number of halogens is 1. The van der Waals surface area contributed by atoms with E-state index >= 15 is 0 Å². The van der Waals surface area contributed by atoms with E-state index in [0.717, 1.165) is 18.4 Å². The van der Waals surface area contributed by atoms with Crippen LogP contribution in [0.2, 0.25) is 5.02 Å². The predicted molar refractivity (Wildman–Crippen MR) is 123 cm³/mol. The minimum atomic E-state index is -3.51. The fourth-order valence-electron chi connectivity index (χ4n) is 4.61. The summed E-state index contributed by atoms with van der Waals surface area (Å²) >= 11 is 5.99. The van der Waals surface area contributed by atoms with Crippen LogP contribution in [0.3, 0.4) is 0 Å². The SMILES string of the molecule is C[C@@H](NC(=O)[C@@H]1CCCN(S(=O)(=O)Cc2cccc(Cl)c2)C1)c1ccc2c(c1)CCC2. The van der Waals surface area contributed by atoms with E-state index in [1.807, 2.05) is 6.92 Å². The molecule has 4 rings (SSSR count). The largest absolute Gasteiger partial charge is 0.349 e. The first-order valence-corrected chi connectivity index (χ1v) is 12.9. The van der Waals surface area contributed by atoms with E-state index in [-0.39, 0.29) is 30.2 Å². The van der Waals surface area contributed by atoms with Crippen molar-refractivity contribution in [1.82, 2.24) is 9.62 Å². The molecule has 0 saturated carbocycles. The molecule has 1 N–H and O–H groups in total. The summed E-state index contributed by atoms with van der Waals surface area (Å²) in [6.45, 7) is 2.67. The first-order chi connectivity index (χ1) is 14.8. The molecule has 2 aromatic carbocycles. The minimum Gasteiger partial charge on any atom is -0.349 e. The third kappa shape index (κ3) is 5.30. The van der Waals surface area contributed by atoms with Gasteiger partial charge in [-0.05, 0) is 73.4 Å². The zero-order valence-electron chi connectivity index (χ0n) is 17.8. The molecular weight excluding hydrogens is 432 g/mol. The maximum atomic E-state index is 12.9. The highest BCUT2D eigenvalue weighted by Gasteiger charge is 2.33. The van der Waals surface area contributed by atoms with Crippen molar-refractivity contribution in [1.29, 1.82) is 0 Å². The standard InChI is InChI=1S/C24H29ClN2O3S/c1-17(20-11-10-19-6-3-7-21(19)14-20)26-24(28)22-8-4-12-27(15-22)31(29,30)16-18-5-2-9-23(25)13-18/h2,5,9-11,13-14,17,22H,3-4,6-8,12,15-16H2,1H3,(H,26,28)/t17-,22-/m1/s1. The smallest absolute Gasteiger partial charge is 0.224 e. The summed E-state index contributed by atoms with van der Waals surface area (Å²) in [6, 6.07) is 13.3. The molecule has 0 bridgehead atoms. The Labute approximate surface area is 189 Å². The maximum absolute atomic E-state index is 12.9. The number of hydrogen-bond donors (Lipinski definition) is 1. The Morgan fingerprint density at radius 3 is 2.77 bits per heavy atom. The number of nitrogens with zero attached hydrogens (tertiary/aromatic N) is 1. The molecule has 0 aromatic heterocycles. The number of hydrogen-bond acceptors (Lipinski definition) is 3. The molecule has 166 valence electrons. The highest BCUT2D eigenvalue weighted by molar-refractivity contribution is 7.88. The monoisotopic (exact) mass is 460 g/mol. The topological polar surface area (TPSA) is 66.5 Å². The van der Waals surface area contributed by atoms with Crippen LogP contribution < -0.4 is 5.32 Å². The second-order valence-electron chi connectivity index (χ2n) is 8.70. The number of carbonyl (C=O) groups excluding carboxylic acids is 1. The maximum Gasteiger partial charge on any atom is 0.224 e. The third-order valence-electron chi connectivity index (χ3n) is 6.37. The lowest BCUT2D eigenvalue weighted by Crippen LogP contribution is -2.46. The van der Waals surface area contributed by atoms with E-state index < -0.39 is 10.0 Å². The number of fused-ring (bicyclic) bond motifs is 1. The second kappa shape index (κ2) is 9.31. The van der Waals surface area contributed by atoms with Gasteiger partial charge in [0.05, 0.1) is 17.7 Å². The summed E-state index contributed by atoms with van der Waals surface area (Å²) in [7, 11) is -3.51. The van der Waals surface area contributed by atoms with Crippen molar-refractivity contribution in [3.05, 3.63) is 69.7 Å². The Bertz CT molecular complexity index is 1070. The molecule has 2 atom stereocenters. The van der Waals surface area contributed by atoms with Crippen molar-refractivity contribution >= 4 is 27.5 Å². The van der Waals surface area contributed by atoms with Crippen LogP contribution in [-0.4, -0.2) is 31.7 Å². The van der Waals surface area contributed by atoms with Crippen molar-refractivity contribution < 1.29 is 13.2 Å². The van der Waals surface area contributed by atoms with E-state index in [1.165, 1.54) is 21.9 Å². The van der Waals surface area contributed by atoms with Crippen molar-refractivity contribution in [2.24, 2.45) is 5.92 Å². The van der Waals surface area contributed by atoms with E-state index in [0.29, 0.717) is 30.0 Å². The van der Waals surface area contributed by atoms with Crippen molar-refractivity contribution in [2.45, 2.75) is 50.8 Å². The Hall–Kier alpha value is -1.89. The summed E-state index contributed by atoms with van der Waals surface area (Å²) < 4.78 is 27.3. The highest BCUT2D eigenvalue weighted by Crippen LogP contribution is 2.27. The van der Waals surface area contributed by atoms with Crippen LogP contribution >= 0.6 is 11.6 Å². The highest BCUT2D eigenvalue weighted by atomic mass is 35.5. The van der Waals surface area contributed by atoms with Gasteiger partial charge in [-0.2, -0.15) is 0 Å². The quantitative estimate of drug-likeness (QED) is 0.700. The van der Waals surface area contributed by atoms with Gasteiger partial charge < -0.3 is 5.32 Å². The van der Waals surface area contributed by atoms with Gasteiger partial charge in [-0.3, -0.25) is 4.79 Å². The van der Waals surface area contributed by atoms with Gasteiger partial charge in [-0.25, -0.2) is 12.7 Å². The fraction of sp³-hybridized carbons (Fsp3) is 0.458. The lowest BCUT2D eigenvalue weighted by Gasteiger charge is -2.32. The molecule has 5 nitrogen and oxygen atoms in total. The number of rotatable bonds is 6. The zero-order valence-corrected chi connectivity index (χ0v) is 19.4. The normalized spacial score (nSPS) is 20.3. The average Bonchev–Trinajstić information content (AvgIpc) is 3.21. The lowest BCUT2D eigenvalue weighted by atomic mass is 9.97. The summed E-state index contributed by atoms with van der Waals surface area (Å²) in [5.74, 6) is -0.511. The first-order valence-electron chi connectivity index (χ1n) is 11.0. The van der Waals surface area contributed by atoms with Crippen LogP contribution in [0.5, 0.6) is 0 Å². The van der Waals surface area contributed by atoms with Crippen LogP contribution in [0.15, 0.2) is 42.5 Å². The number of sulfonamides is 1. The Morgan fingerprint density at radius 1 is 1.16 bits per heavy atom. The molecule has 0 spiro atoms. The second-order valence-corrected chi connectivity index (χ2v) is 11.1. The van der Waals surface area contributed by atoms with Gasteiger partial charge in [-0.1, -0.05) is 41.9 Å². The molecule has 1 fully saturated rings. The van der Waals surface area contributed by atoms with Crippen molar-refractivity contribution in [3.63, 3.8) is 0 Å². The van der Waals surface area contributed by atoms with Crippen LogP contribution in [0.25, 0.3) is 0 Å². The van der Waals surface area contributed by atoms with Crippen LogP contribution in [0.4, 0.5) is 0 Å². The third-order valence-corrected chi connectivity index (χ3v) is 8.42. The number of piperidine rings is 1. The number of benzene rings is 2. The van der Waals surface area contributed by atoms with E-state index in [1.54, 1.807) is 24.3 Å². The summed E-state index contributed by atoms with van der Waals surface area (Å²) in [6.07, 6.45) is 4.82. The van der Waals surface area contributed by atoms with Crippen molar-refractivity contribution in [2.75, 3.05) is 13.1 Å². The van der Waals surface area contributed by atoms with Gasteiger partial charge in [0.1, 0.15) is 0 Å². The van der Waals surface area contributed by atoms with Gasteiger partial charge in [-0.15, -0.1) is 0 Å². The first kappa shape index (κ1) is 22.3. The Morgan fingerprint density at radius 2 is 1.97 bits per heavy atom. The lowest BCUT2D eigenvalue weighted by molar-refractivity contribution is -0.126. The molecule has 31 heavy (non-hydrogen) atoms. The number of nitrogens with one attached hydrogen (secondary N) is 1. The van der Waals surface area contributed by atoms with E-state index in [4.69, 9.17) is 11.6 Å². The number of aryl methyl sites for hydroxylation is 2. The van der Waals surface area contributed by atoms with Crippen LogP contribution in [-0.2, 0) is 33.4 Å². The molecule has 1 saturated heterocycles. The zero-order chi connectivity index (χ0) is 22.0. The molecule has 7 heteroatoms. The Kier molecular flexibility index (Phi) is 6.70. The van der Waals surface area contributed by atoms with Gasteiger partial charge in [0, 0.05) is 18.1 Å². The predicted octanol–water partition coefficient (Wildman–Crippen LogP) is 4.25. The van der Waals surface area contributed by atoms with Gasteiger partial charge in [0.2, 0.25) is 15.9 Å². The summed E-state index contributed by atoms with van der Waals surface area (Å²) in [4.78, 5) is 12.9. The molecule has 2 aliphatic rings. The van der Waals surface area contributed by atoms with Gasteiger partial charge in [0.25, 0.3) is 0 Å². The summed E-state index contributed by atoms with van der Waals surface area (Å²) in [5, 5.41) is 3.63.